The van der Waals surface area contributed by atoms with Gasteiger partial charge in [-0.1, -0.05) is 58.9 Å². The van der Waals surface area contributed by atoms with Gasteiger partial charge in [-0.15, -0.1) is 0 Å². The SMILES string of the molecule is CC(COC(=O)OOOC(=O)c1ccc(C(C)C)cc1)COC(=O)OOOC(=O)c1ccc(C(C)C)cc1. The van der Waals surface area contributed by atoms with Crippen LogP contribution in [0.3, 0.4) is 0 Å². The fourth-order valence-electron chi connectivity index (χ4n) is 2.77. The average Bonchev–Trinajstić information content (AvgIpc) is 2.90. The van der Waals surface area contributed by atoms with Crippen molar-refractivity contribution < 1.29 is 58.3 Å². The molecular weight excluding hydrogens is 504 g/mol. The van der Waals surface area contributed by atoms with E-state index in [1.807, 2.05) is 27.7 Å². The third-order valence-corrected chi connectivity index (χ3v) is 5.02. The molecule has 0 N–H and O–H groups in total. The molecule has 0 unspecified atom stereocenters. The second-order valence-electron chi connectivity index (χ2n) is 8.82. The summed E-state index contributed by atoms with van der Waals surface area (Å²) in [5.41, 5.74) is 2.46. The molecule has 2 rings (SSSR count). The third-order valence-electron chi connectivity index (χ3n) is 5.02. The zero-order valence-corrected chi connectivity index (χ0v) is 21.7. The molecule has 0 aliphatic rings. The van der Waals surface area contributed by atoms with E-state index in [0.29, 0.717) is 11.8 Å². The van der Waals surface area contributed by atoms with Gasteiger partial charge in [0.1, 0.15) is 13.2 Å². The van der Waals surface area contributed by atoms with E-state index in [9.17, 15) is 19.2 Å². The van der Waals surface area contributed by atoms with Crippen molar-refractivity contribution in [2.75, 3.05) is 13.2 Å². The van der Waals surface area contributed by atoms with Crippen molar-refractivity contribution in [1.29, 1.82) is 0 Å². The minimum atomic E-state index is -1.29. The van der Waals surface area contributed by atoms with Gasteiger partial charge in [-0.3, -0.25) is 9.78 Å². The molecule has 0 heterocycles. The van der Waals surface area contributed by atoms with Crippen molar-refractivity contribution in [3.63, 3.8) is 0 Å². The molecule has 12 nitrogen and oxygen atoms in total. The Bertz CT molecular complexity index is 975. The number of hydrogen-bond donors (Lipinski definition) is 0. The molecule has 0 saturated heterocycles. The molecule has 2 aromatic rings. The Morgan fingerprint density at radius 2 is 0.895 bits per heavy atom. The van der Waals surface area contributed by atoms with E-state index in [-0.39, 0.29) is 24.3 Å². The summed E-state index contributed by atoms with van der Waals surface area (Å²) < 4.78 is 9.48. The molecule has 12 heteroatoms. The van der Waals surface area contributed by atoms with Crippen LogP contribution in [-0.4, -0.2) is 37.5 Å². The summed E-state index contributed by atoms with van der Waals surface area (Å²) in [6, 6.07) is 13.3. The lowest BCUT2D eigenvalue weighted by Crippen LogP contribution is -2.20. The number of carbonyl (C=O) groups excluding carboxylic acids is 4. The Morgan fingerprint density at radius 1 is 0.553 bits per heavy atom. The smallest absolute Gasteiger partial charge is 0.432 e. The number of carbonyl (C=O) groups is 4. The Balaban J connectivity index is 1.56. The van der Waals surface area contributed by atoms with Gasteiger partial charge in [0.15, 0.2) is 0 Å². The van der Waals surface area contributed by atoms with Gasteiger partial charge >= 0.3 is 24.2 Å². The van der Waals surface area contributed by atoms with Crippen molar-refractivity contribution in [3.05, 3.63) is 70.8 Å². The molecule has 0 aliphatic heterocycles. The van der Waals surface area contributed by atoms with Crippen LogP contribution in [0.25, 0.3) is 0 Å². The van der Waals surface area contributed by atoms with Gasteiger partial charge in [0.2, 0.25) is 0 Å². The maximum Gasteiger partial charge on any atom is 0.543 e. The fraction of sp³-hybridized carbons (Fsp3) is 0.385. The first-order valence-electron chi connectivity index (χ1n) is 11.7. The first-order valence-corrected chi connectivity index (χ1v) is 11.7. The summed E-state index contributed by atoms with van der Waals surface area (Å²) >= 11 is 0. The number of ether oxygens (including phenoxy) is 2. The van der Waals surface area contributed by atoms with Crippen molar-refractivity contribution in [2.24, 2.45) is 5.92 Å². The van der Waals surface area contributed by atoms with E-state index >= 15 is 0 Å². The highest BCUT2D eigenvalue weighted by molar-refractivity contribution is 5.89. The quantitative estimate of drug-likeness (QED) is 0.190. The van der Waals surface area contributed by atoms with Gasteiger partial charge in [0.05, 0.1) is 21.2 Å². The van der Waals surface area contributed by atoms with Crippen LogP contribution in [0.4, 0.5) is 9.59 Å². The zero-order valence-electron chi connectivity index (χ0n) is 21.7. The van der Waals surface area contributed by atoms with Crippen LogP contribution in [-0.2, 0) is 39.1 Å². The number of hydrogen-bond acceptors (Lipinski definition) is 12. The predicted molar refractivity (Wildman–Crippen MR) is 128 cm³/mol. The van der Waals surface area contributed by atoms with Gasteiger partial charge in [-0.05, 0) is 47.2 Å². The Hall–Kier alpha value is -4.16. The third kappa shape index (κ3) is 10.4. The van der Waals surface area contributed by atoms with E-state index in [4.69, 9.17) is 9.47 Å². The van der Waals surface area contributed by atoms with Gasteiger partial charge in [-0.25, -0.2) is 29.0 Å². The van der Waals surface area contributed by atoms with E-state index in [1.54, 1.807) is 55.5 Å². The topological polar surface area (TPSA) is 142 Å². The highest BCUT2D eigenvalue weighted by Gasteiger charge is 2.17. The standard InChI is InChI=1S/C26H30O12/c1-16(2)19-6-10-21(11-7-19)23(27)33-37-35-25(29)31-14-18(5)15-32-26(30)36-38-34-24(28)22-12-8-20(9-13-22)17(3)4/h6-13,16-18H,14-15H2,1-5H3. The largest absolute Gasteiger partial charge is 0.543 e. The van der Waals surface area contributed by atoms with E-state index in [0.717, 1.165) is 11.1 Å². The van der Waals surface area contributed by atoms with Crippen LogP contribution in [0.5, 0.6) is 0 Å². The molecule has 0 radical (unpaired) electrons. The van der Waals surface area contributed by atoms with Crippen LogP contribution in [0, 0.1) is 5.92 Å². The van der Waals surface area contributed by atoms with Crippen LogP contribution in [0.1, 0.15) is 78.3 Å². The molecule has 2 aromatic carbocycles. The number of benzene rings is 2. The normalized spacial score (nSPS) is 10.7. The Morgan fingerprint density at radius 3 is 1.21 bits per heavy atom. The summed E-state index contributed by atoms with van der Waals surface area (Å²) in [5.74, 6) is -1.65. The molecule has 0 bridgehead atoms. The summed E-state index contributed by atoms with van der Waals surface area (Å²) in [6.07, 6.45) is -2.59. The lowest BCUT2D eigenvalue weighted by molar-refractivity contribution is -0.452. The van der Waals surface area contributed by atoms with E-state index in [1.165, 1.54) is 0 Å². The van der Waals surface area contributed by atoms with Crippen LogP contribution in [0.2, 0.25) is 0 Å². The molecule has 0 spiro atoms. The number of rotatable bonds is 12. The molecule has 206 valence electrons. The summed E-state index contributed by atoms with van der Waals surface area (Å²) in [6.45, 7) is 9.12. The lowest BCUT2D eigenvalue weighted by atomic mass is 10.0. The van der Waals surface area contributed by atoms with Crippen molar-refractivity contribution in [2.45, 2.75) is 46.5 Å². The zero-order chi connectivity index (χ0) is 28.1. The lowest BCUT2D eigenvalue weighted by Gasteiger charge is -2.11. The average molecular weight is 535 g/mol. The van der Waals surface area contributed by atoms with E-state index < -0.39 is 30.2 Å². The van der Waals surface area contributed by atoms with E-state index in [2.05, 4.69) is 29.6 Å². The maximum atomic E-state index is 11.9. The van der Waals surface area contributed by atoms with Crippen LogP contribution < -0.4 is 0 Å². The molecule has 38 heavy (non-hydrogen) atoms. The molecule has 0 aliphatic carbocycles. The molecular formula is C26H30O12. The summed E-state index contributed by atoms with van der Waals surface area (Å²) in [7, 11) is 0. The second-order valence-corrected chi connectivity index (χ2v) is 8.82. The maximum absolute atomic E-state index is 11.9. The highest BCUT2D eigenvalue weighted by Crippen LogP contribution is 2.16. The first kappa shape index (κ1) is 30.1. The molecule has 0 amide bonds. The molecule has 0 fully saturated rings. The van der Waals surface area contributed by atoms with Gasteiger partial charge in [-0.2, -0.15) is 0 Å². The van der Waals surface area contributed by atoms with Gasteiger partial charge < -0.3 is 9.47 Å². The minimum Gasteiger partial charge on any atom is -0.432 e. The van der Waals surface area contributed by atoms with Crippen molar-refractivity contribution in [3.8, 4) is 0 Å². The first-order chi connectivity index (χ1) is 18.1. The van der Waals surface area contributed by atoms with Crippen LogP contribution >= 0.6 is 0 Å². The summed E-state index contributed by atoms with van der Waals surface area (Å²) in [4.78, 5) is 64.0. The van der Waals surface area contributed by atoms with Crippen molar-refractivity contribution >= 4 is 24.2 Å². The molecule has 0 saturated carbocycles. The van der Waals surface area contributed by atoms with Crippen molar-refractivity contribution in [1.82, 2.24) is 0 Å². The summed E-state index contributed by atoms with van der Waals surface area (Å²) in [5, 5.41) is 8.29. The minimum absolute atomic E-state index is 0.197. The Kier molecular flexibility index (Phi) is 12.0. The Labute approximate surface area is 219 Å². The van der Waals surface area contributed by atoms with Crippen LogP contribution in [0.15, 0.2) is 48.5 Å². The monoisotopic (exact) mass is 534 g/mol. The molecule has 0 aromatic heterocycles. The highest BCUT2D eigenvalue weighted by atomic mass is 17.5. The molecule has 0 atom stereocenters. The van der Waals surface area contributed by atoms with Gasteiger partial charge in [0, 0.05) is 5.92 Å². The predicted octanol–water partition coefficient (Wildman–Crippen LogP) is 5.58. The van der Waals surface area contributed by atoms with Gasteiger partial charge in [0.25, 0.3) is 0 Å². The second kappa shape index (κ2) is 15.2. The fourth-order valence-corrected chi connectivity index (χ4v) is 2.77.